The predicted molar refractivity (Wildman–Crippen MR) is 87.4 cm³/mol. The molecule has 0 saturated carbocycles. The largest absolute Gasteiger partial charge is 1.00 e. The molecule has 0 aromatic rings. The van der Waals surface area contributed by atoms with Crippen LogP contribution in [0.25, 0.3) is 0 Å². The van der Waals surface area contributed by atoms with Gasteiger partial charge in [0.2, 0.25) is 10.4 Å². The minimum absolute atomic E-state index is 0. The molecule has 2 N–H and O–H groups in total. The first-order chi connectivity index (χ1) is 11.2. The maximum absolute atomic E-state index is 10.1. The maximum Gasteiger partial charge on any atom is 1.00 e. The van der Waals surface area contributed by atoms with Crippen molar-refractivity contribution in [2.45, 2.75) is 77.6 Å². The summed E-state index contributed by atoms with van der Waals surface area (Å²) in [6.07, 6.45) is 10.9. The fraction of sp³-hybridized carbons (Fsp3) is 0.867. The van der Waals surface area contributed by atoms with Crippen molar-refractivity contribution in [2.24, 2.45) is 0 Å². The van der Waals surface area contributed by atoms with E-state index in [1.807, 2.05) is 0 Å². The van der Waals surface area contributed by atoms with Gasteiger partial charge in [0.25, 0.3) is 0 Å². The van der Waals surface area contributed by atoms with Crippen LogP contribution >= 0.6 is 0 Å². The maximum atomic E-state index is 10.1. The molecule has 0 aromatic carbocycles. The molecular formula is C15H29NaO8S. The molecule has 0 aliphatic heterocycles. The molecule has 0 atom stereocenters. The molecule has 0 spiro atoms. The van der Waals surface area contributed by atoms with Crippen molar-refractivity contribution in [1.29, 1.82) is 0 Å². The van der Waals surface area contributed by atoms with Crippen molar-refractivity contribution in [3.05, 3.63) is 0 Å². The molecule has 0 aromatic heterocycles. The average Bonchev–Trinajstić information content (AvgIpc) is 2.43. The molecular weight excluding hydrogens is 363 g/mol. The number of rotatable bonds is 14. The van der Waals surface area contributed by atoms with E-state index < -0.39 is 28.8 Å². The summed E-state index contributed by atoms with van der Waals surface area (Å²) < 4.78 is 34.5. The summed E-state index contributed by atoms with van der Waals surface area (Å²) in [6.45, 7) is 2.24. The Morgan fingerprint density at radius 2 is 1.20 bits per heavy atom. The van der Waals surface area contributed by atoms with Crippen molar-refractivity contribution in [3.8, 4) is 0 Å². The monoisotopic (exact) mass is 392 g/mol. The Morgan fingerprint density at radius 1 is 0.840 bits per heavy atom. The van der Waals surface area contributed by atoms with Crippen LogP contribution in [0.2, 0.25) is 0 Å². The molecule has 0 rings (SSSR count). The van der Waals surface area contributed by atoms with Crippen LogP contribution < -0.4 is 29.6 Å². The molecule has 0 radical (unpaired) electrons. The third-order valence-corrected chi connectivity index (χ3v) is 3.48. The standard InChI is InChI=1S/C12H26O4S.C3H4O4.Na/c1-2-3-4-5-6-7-8-9-10-11-12-16-17(13,14)15;4-2(5)1-3(6)7;/h2-12H2,1H3,(H,13,14,15);1H2,(H,4,5)(H,6,7);/q;;+1/p-1. The van der Waals surface area contributed by atoms with Crippen LogP contribution in [0.5, 0.6) is 0 Å². The SMILES string of the molecule is CCCCCCCCCCCCOS(=O)(=O)[O-].O=C(O)CC(=O)O.[Na+]. The zero-order valence-corrected chi connectivity index (χ0v) is 18.1. The van der Waals surface area contributed by atoms with Crippen LogP contribution in [0.15, 0.2) is 0 Å². The number of hydrogen-bond donors (Lipinski definition) is 2. The van der Waals surface area contributed by atoms with Crippen molar-refractivity contribution in [2.75, 3.05) is 6.61 Å². The van der Waals surface area contributed by atoms with Gasteiger partial charge >= 0.3 is 41.5 Å². The van der Waals surface area contributed by atoms with Gasteiger partial charge in [0.05, 0.1) is 6.61 Å². The van der Waals surface area contributed by atoms with Gasteiger partial charge in [0, 0.05) is 0 Å². The first-order valence-corrected chi connectivity index (χ1v) is 9.56. The fourth-order valence-electron chi connectivity index (χ4n) is 1.88. The molecule has 144 valence electrons. The number of unbranched alkanes of at least 4 members (excludes halogenated alkanes) is 9. The number of carboxylic acid groups (broad SMARTS) is 2. The van der Waals surface area contributed by atoms with E-state index in [1.165, 1.54) is 44.9 Å². The van der Waals surface area contributed by atoms with Crippen molar-refractivity contribution in [1.82, 2.24) is 0 Å². The summed E-state index contributed by atoms with van der Waals surface area (Å²) in [5, 5.41) is 15.4. The molecule has 0 bridgehead atoms. The molecule has 0 unspecified atom stereocenters. The van der Waals surface area contributed by atoms with Gasteiger partial charge in [-0.3, -0.25) is 13.8 Å². The van der Waals surface area contributed by atoms with E-state index in [9.17, 15) is 22.6 Å². The van der Waals surface area contributed by atoms with Gasteiger partial charge in [-0.1, -0.05) is 64.7 Å². The van der Waals surface area contributed by atoms with E-state index in [0.29, 0.717) is 6.42 Å². The zero-order chi connectivity index (χ0) is 18.8. The Morgan fingerprint density at radius 3 is 1.48 bits per heavy atom. The summed E-state index contributed by atoms with van der Waals surface area (Å²) in [7, 11) is -4.48. The first kappa shape index (κ1) is 29.6. The number of carbonyl (C=O) groups is 2. The van der Waals surface area contributed by atoms with E-state index >= 15 is 0 Å². The second-order valence-corrected chi connectivity index (χ2v) is 6.43. The number of carboxylic acids is 2. The molecule has 25 heavy (non-hydrogen) atoms. The summed E-state index contributed by atoms with van der Waals surface area (Å²) >= 11 is 0. The van der Waals surface area contributed by atoms with Gasteiger partial charge in [-0.15, -0.1) is 0 Å². The molecule has 0 saturated heterocycles. The molecule has 8 nitrogen and oxygen atoms in total. The quantitative estimate of drug-likeness (QED) is 0.138. The Bertz CT molecular complexity index is 413. The third kappa shape index (κ3) is 35.7. The molecule has 0 heterocycles. The number of aliphatic carboxylic acids is 2. The second-order valence-electron chi connectivity index (χ2n) is 5.38. The van der Waals surface area contributed by atoms with Gasteiger partial charge in [0.15, 0.2) is 0 Å². The molecule has 0 fully saturated rings. The summed E-state index contributed by atoms with van der Waals surface area (Å²) in [6, 6.07) is 0. The van der Waals surface area contributed by atoms with E-state index in [2.05, 4.69) is 11.1 Å². The molecule has 0 aliphatic rings. The fourth-order valence-corrected chi connectivity index (χ4v) is 2.20. The minimum Gasteiger partial charge on any atom is -0.726 e. The van der Waals surface area contributed by atoms with Crippen LogP contribution in [0, 0.1) is 0 Å². The van der Waals surface area contributed by atoms with Crippen LogP contribution in [0.3, 0.4) is 0 Å². The Labute approximate surface area is 172 Å². The van der Waals surface area contributed by atoms with Crippen LogP contribution in [-0.4, -0.2) is 41.7 Å². The zero-order valence-electron chi connectivity index (χ0n) is 15.2. The molecule has 10 heteroatoms. The predicted octanol–water partition coefficient (Wildman–Crippen LogP) is -0.0662. The van der Waals surface area contributed by atoms with E-state index in [0.717, 1.165) is 12.8 Å². The topological polar surface area (TPSA) is 141 Å². The average molecular weight is 392 g/mol. The normalized spacial score (nSPS) is 10.3. The Kier molecular flexibility index (Phi) is 23.8. The van der Waals surface area contributed by atoms with E-state index in [1.54, 1.807) is 0 Å². The molecule has 0 amide bonds. The first-order valence-electron chi connectivity index (χ1n) is 8.23. The van der Waals surface area contributed by atoms with E-state index in [4.69, 9.17) is 10.2 Å². The molecule has 0 aliphatic carbocycles. The van der Waals surface area contributed by atoms with Crippen molar-refractivity contribution < 1.29 is 66.5 Å². The van der Waals surface area contributed by atoms with Crippen LogP contribution in [-0.2, 0) is 24.2 Å². The smallest absolute Gasteiger partial charge is 0.726 e. The Balaban J connectivity index is -0.000000513. The number of hydrogen-bond acceptors (Lipinski definition) is 6. The van der Waals surface area contributed by atoms with Gasteiger partial charge in [0.1, 0.15) is 6.42 Å². The van der Waals surface area contributed by atoms with Gasteiger partial charge < -0.3 is 14.8 Å². The van der Waals surface area contributed by atoms with E-state index in [-0.39, 0.29) is 36.2 Å². The van der Waals surface area contributed by atoms with Gasteiger partial charge in [-0.2, -0.15) is 0 Å². The Hall–Kier alpha value is -0.190. The van der Waals surface area contributed by atoms with Crippen molar-refractivity contribution >= 4 is 22.3 Å². The second kappa shape index (κ2) is 20.1. The van der Waals surface area contributed by atoms with Crippen LogP contribution in [0.1, 0.15) is 77.6 Å². The van der Waals surface area contributed by atoms with Crippen LogP contribution in [0.4, 0.5) is 0 Å². The van der Waals surface area contributed by atoms with Gasteiger partial charge in [-0.25, -0.2) is 8.42 Å². The third-order valence-electron chi connectivity index (χ3n) is 3.03. The van der Waals surface area contributed by atoms with Gasteiger partial charge in [-0.05, 0) is 6.42 Å². The summed E-state index contributed by atoms with van der Waals surface area (Å²) in [5.74, 6) is -2.62. The minimum atomic E-state index is -4.48. The van der Waals surface area contributed by atoms with Crippen molar-refractivity contribution in [3.63, 3.8) is 0 Å². The summed E-state index contributed by atoms with van der Waals surface area (Å²) in [5.41, 5.74) is 0. The summed E-state index contributed by atoms with van der Waals surface area (Å²) in [4.78, 5) is 18.9.